The van der Waals surface area contributed by atoms with E-state index < -0.39 is 0 Å². The molecule has 0 fully saturated rings. The van der Waals surface area contributed by atoms with Crippen molar-refractivity contribution >= 4 is 21.7 Å². The van der Waals surface area contributed by atoms with E-state index in [1.165, 1.54) is 13.3 Å². The molecule has 0 saturated carbocycles. The predicted molar refractivity (Wildman–Crippen MR) is 47.1 cm³/mol. The summed E-state index contributed by atoms with van der Waals surface area (Å²) in [4.78, 5) is 11.3. The standard InChI is InChI=1S/C7H9BrN2O2/c1-10-7(8)5(3-9-10)6(11)4-12-2/h3H,4H2,1-2H3. The second kappa shape index (κ2) is 3.82. The van der Waals surface area contributed by atoms with E-state index in [4.69, 9.17) is 4.74 Å². The first-order chi connectivity index (χ1) is 5.66. The van der Waals surface area contributed by atoms with Gasteiger partial charge in [0.05, 0.1) is 11.8 Å². The summed E-state index contributed by atoms with van der Waals surface area (Å²) in [6, 6.07) is 0. The first-order valence-electron chi connectivity index (χ1n) is 3.36. The second-order valence-corrected chi connectivity index (χ2v) is 3.08. The topological polar surface area (TPSA) is 44.1 Å². The zero-order valence-corrected chi connectivity index (χ0v) is 8.46. The number of halogens is 1. The lowest BCUT2D eigenvalue weighted by Gasteiger charge is -1.96. The van der Waals surface area contributed by atoms with Crippen LogP contribution in [-0.2, 0) is 11.8 Å². The number of hydrogen-bond donors (Lipinski definition) is 0. The third-order valence-electron chi connectivity index (χ3n) is 1.44. The van der Waals surface area contributed by atoms with Gasteiger partial charge >= 0.3 is 0 Å². The molecule has 0 aliphatic heterocycles. The molecule has 1 heterocycles. The largest absolute Gasteiger partial charge is 0.377 e. The number of aromatic nitrogens is 2. The molecule has 0 unspecified atom stereocenters. The lowest BCUT2D eigenvalue weighted by atomic mass is 10.2. The molecule has 1 rings (SSSR count). The fourth-order valence-corrected chi connectivity index (χ4v) is 1.23. The molecule has 1 aromatic rings. The molecule has 0 radical (unpaired) electrons. The molecule has 0 amide bonds. The Morgan fingerprint density at radius 1 is 1.83 bits per heavy atom. The Morgan fingerprint density at radius 2 is 2.50 bits per heavy atom. The highest BCUT2D eigenvalue weighted by Gasteiger charge is 2.12. The van der Waals surface area contributed by atoms with E-state index in [9.17, 15) is 4.79 Å². The molecular weight excluding hydrogens is 224 g/mol. The highest BCUT2D eigenvalue weighted by atomic mass is 79.9. The van der Waals surface area contributed by atoms with Crippen LogP contribution in [-0.4, -0.2) is 29.3 Å². The lowest BCUT2D eigenvalue weighted by Crippen LogP contribution is -2.06. The van der Waals surface area contributed by atoms with Crippen molar-refractivity contribution < 1.29 is 9.53 Å². The maximum Gasteiger partial charge on any atom is 0.192 e. The van der Waals surface area contributed by atoms with Gasteiger partial charge in [-0.1, -0.05) is 0 Å². The van der Waals surface area contributed by atoms with Gasteiger partial charge in [0.15, 0.2) is 5.78 Å². The van der Waals surface area contributed by atoms with Crippen LogP contribution in [0.2, 0.25) is 0 Å². The first-order valence-corrected chi connectivity index (χ1v) is 4.15. The van der Waals surface area contributed by atoms with Crippen LogP contribution in [0.4, 0.5) is 0 Å². The van der Waals surface area contributed by atoms with Crippen molar-refractivity contribution in [2.24, 2.45) is 7.05 Å². The number of ether oxygens (including phenoxy) is 1. The third kappa shape index (κ3) is 1.73. The van der Waals surface area contributed by atoms with E-state index in [1.54, 1.807) is 11.7 Å². The quantitative estimate of drug-likeness (QED) is 0.732. The van der Waals surface area contributed by atoms with Gasteiger partial charge in [-0.2, -0.15) is 5.10 Å². The van der Waals surface area contributed by atoms with Gasteiger partial charge in [0.25, 0.3) is 0 Å². The van der Waals surface area contributed by atoms with E-state index >= 15 is 0 Å². The van der Waals surface area contributed by atoms with Crippen LogP contribution in [0, 0.1) is 0 Å². The number of methoxy groups -OCH3 is 1. The van der Waals surface area contributed by atoms with Crippen LogP contribution in [0.15, 0.2) is 10.8 Å². The van der Waals surface area contributed by atoms with Gasteiger partial charge in [-0.05, 0) is 15.9 Å². The number of carbonyl (C=O) groups is 1. The summed E-state index contributed by atoms with van der Waals surface area (Å²) >= 11 is 3.24. The van der Waals surface area contributed by atoms with Crippen molar-refractivity contribution in [2.45, 2.75) is 0 Å². The Labute approximate surface area is 78.6 Å². The molecule has 0 atom stereocenters. The molecule has 1 aromatic heterocycles. The van der Waals surface area contributed by atoms with Crippen LogP contribution < -0.4 is 0 Å². The number of rotatable bonds is 3. The van der Waals surface area contributed by atoms with Crippen molar-refractivity contribution in [3.8, 4) is 0 Å². The second-order valence-electron chi connectivity index (χ2n) is 2.33. The highest BCUT2D eigenvalue weighted by Crippen LogP contribution is 2.15. The summed E-state index contributed by atoms with van der Waals surface area (Å²) in [7, 11) is 3.25. The maximum atomic E-state index is 11.3. The molecule has 0 aliphatic rings. The Bertz CT molecular complexity index is 296. The zero-order valence-electron chi connectivity index (χ0n) is 6.87. The average Bonchev–Trinajstić information content (AvgIpc) is 2.34. The number of ketones is 1. The molecule has 0 aliphatic carbocycles. The number of carbonyl (C=O) groups excluding carboxylic acids is 1. The van der Waals surface area contributed by atoms with Gasteiger partial charge in [0.2, 0.25) is 0 Å². The Balaban J connectivity index is 2.88. The molecule has 0 aromatic carbocycles. The smallest absolute Gasteiger partial charge is 0.192 e. The van der Waals surface area contributed by atoms with Crippen LogP contribution in [0.25, 0.3) is 0 Å². The van der Waals surface area contributed by atoms with E-state index in [0.717, 1.165) is 0 Å². The van der Waals surface area contributed by atoms with Gasteiger partial charge in [-0.3, -0.25) is 9.48 Å². The molecule has 4 nitrogen and oxygen atoms in total. The lowest BCUT2D eigenvalue weighted by molar-refractivity contribution is 0.0847. The van der Waals surface area contributed by atoms with E-state index in [-0.39, 0.29) is 12.4 Å². The monoisotopic (exact) mass is 232 g/mol. The number of Topliss-reactive ketones (excluding diaryl/α,β-unsaturated/α-hetero) is 1. The van der Waals surface area contributed by atoms with Crippen molar-refractivity contribution in [1.29, 1.82) is 0 Å². The SMILES string of the molecule is COCC(=O)c1cnn(C)c1Br. The maximum absolute atomic E-state index is 11.3. The molecule has 0 N–H and O–H groups in total. The fourth-order valence-electron chi connectivity index (χ4n) is 0.818. The molecule has 66 valence electrons. The molecule has 12 heavy (non-hydrogen) atoms. The van der Waals surface area contributed by atoms with E-state index in [1.807, 2.05) is 0 Å². The Morgan fingerprint density at radius 3 is 2.92 bits per heavy atom. The Kier molecular flexibility index (Phi) is 2.99. The van der Waals surface area contributed by atoms with Crippen molar-refractivity contribution in [1.82, 2.24) is 9.78 Å². The summed E-state index contributed by atoms with van der Waals surface area (Å²) in [5.41, 5.74) is 0.555. The number of hydrogen-bond acceptors (Lipinski definition) is 3. The van der Waals surface area contributed by atoms with E-state index in [2.05, 4.69) is 21.0 Å². The predicted octanol–water partition coefficient (Wildman–Crippen LogP) is 1.01. The van der Waals surface area contributed by atoms with Crippen LogP contribution in [0.5, 0.6) is 0 Å². The minimum Gasteiger partial charge on any atom is -0.377 e. The molecule has 0 bridgehead atoms. The van der Waals surface area contributed by atoms with Crippen LogP contribution >= 0.6 is 15.9 Å². The summed E-state index contributed by atoms with van der Waals surface area (Å²) in [6.45, 7) is 0.0876. The van der Waals surface area contributed by atoms with Crippen LogP contribution in [0.1, 0.15) is 10.4 Å². The molecule has 5 heteroatoms. The minimum atomic E-state index is -0.0718. The van der Waals surface area contributed by atoms with Crippen molar-refractivity contribution in [3.05, 3.63) is 16.4 Å². The van der Waals surface area contributed by atoms with Gasteiger partial charge in [-0.15, -0.1) is 0 Å². The van der Waals surface area contributed by atoms with Gasteiger partial charge in [0.1, 0.15) is 11.2 Å². The first kappa shape index (κ1) is 9.41. The highest BCUT2D eigenvalue weighted by molar-refractivity contribution is 9.10. The van der Waals surface area contributed by atoms with Crippen molar-refractivity contribution in [2.75, 3.05) is 13.7 Å². The summed E-state index contributed by atoms with van der Waals surface area (Å²) in [6.07, 6.45) is 1.52. The van der Waals surface area contributed by atoms with Crippen LogP contribution in [0.3, 0.4) is 0 Å². The Hall–Kier alpha value is -0.680. The van der Waals surface area contributed by atoms with Crippen molar-refractivity contribution in [3.63, 3.8) is 0 Å². The summed E-state index contributed by atoms with van der Waals surface area (Å²) < 4.78 is 6.99. The fraction of sp³-hybridized carbons (Fsp3) is 0.429. The molecule has 0 saturated heterocycles. The van der Waals surface area contributed by atoms with Gasteiger partial charge in [-0.25, -0.2) is 0 Å². The number of aryl methyl sites for hydroxylation is 1. The number of nitrogens with zero attached hydrogens (tertiary/aromatic N) is 2. The summed E-state index contributed by atoms with van der Waals surface area (Å²) in [5.74, 6) is -0.0718. The average molecular weight is 233 g/mol. The summed E-state index contributed by atoms with van der Waals surface area (Å²) in [5, 5.41) is 3.91. The molecule has 0 spiro atoms. The van der Waals surface area contributed by atoms with E-state index in [0.29, 0.717) is 10.2 Å². The minimum absolute atomic E-state index is 0.0718. The zero-order chi connectivity index (χ0) is 9.14. The van der Waals surface area contributed by atoms with Gasteiger partial charge in [0, 0.05) is 14.2 Å². The third-order valence-corrected chi connectivity index (χ3v) is 2.38. The normalized spacial score (nSPS) is 10.2. The van der Waals surface area contributed by atoms with Gasteiger partial charge < -0.3 is 4.74 Å². The molecular formula is C7H9BrN2O2.